The number of hydrogen-bond donors (Lipinski definition) is 1. The van der Waals surface area contributed by atoms with E-state index in [-0.39, 0.29) is 6.61 Å². The number of benzene rings is 2. The lowest BCUT2D eigenvalue weighted by Crippen LogP contribution is -2.27. The monoisotopic (exact) mass is 398 g/mol. The molecule has 3 nitrogen and oxygen atoms in total. The zero-order chi connectivity index (χ0) is 19.1. The fraction of sp³-hybridized carbons (Fsp3) is 0.318. The van der Waals surface area contributed by atoms with Crippen LogP contribution in [-0.4, -0.2) is 40.6 Å². The van der Waals surface area contributed by atoms with Gasteiger partial charge in [-0.15, -0.1) is 0 Å². The van der Waals surface area contributed by atoms with Crippen molar-refractivity contribution in [3.63, 3.8) is 0 Å². The third kappa shape index (κ3) is 5.31. The number of unbranched alkanes of at least 4 members (excludes halogenated alkanes) is 1. The highest BCUT2D eigenvalue weighted by Crippen LogP contribution is 2.31. The van der Waals surface area contributed by atoms with E-state index in [4.69, 9.17) is 16.7 Å². The topological polar surface area (TPSA) is 36.4 Å². The van der Waals surface area contributed by atoms with Crippen molar-refractivity contribution < 1.29 is 5.11 Å². The van der Waals surface area contributed by atoms with Crippen LogP contribution in [-0.2, 0) is 0 Å². The van der Waals surface area contributed by atoms with Crippen LogP contribution < -0.4 is 0 Å². The van der Waals surface area contributed by atoms with E-state index in [1.54, 1.807) is 0 Å². The second kappa shape index (κ2) is 9.87. The number of halogens is 1. The first-order valence-electron chi connectivity index (χ1n) is 9.18. The average Bonchev–Trinajstić information content (AvgIpc) is 3.10. The van der Waals surface area contributed by atoms with Gasteiger partial charge in [-0.1, -0.05) is 48.6 Å². The Morgan fingerprint density at radius 1 is 1.15 bits per heavy atom. The molecule has 0 saturated carbocycles. The van der Waals surface area contributed by atoms with E-state index in [9.17, 15) is 0 Å². The standard InChI is InChI=1S/C22H23ClN2OS/c1-2-25(14-15-26)13-5-3-4-6-17-7-12-20-21(16-17)27-24-22(20)18-8-10-19(23)11-9-18/h7-12,16,26H,2-3,5,13-15H2,1H3. The Labute approximate surface area is 169 Å². The Balaban J connectivity index is 1.65. The molecule has 0 spiro atoms. The normalized spacial score (nSPS) is 11.0. The van der Waals surface area contributed by atoms with E-state index in [0.717, 1.165) is 64.4 Å². The summed E-state index contributed by atoms with van der Waals surface area (Å²) in [5.74, 6) is 6.52. The van der Waals surface area contributed by atoms with Gasteiger partial charge in [-0.05, 0) is 55.3 Å². The molecule has 0 aliphatic heterocycles. The highest BCUT2D eigenvalue weighted by molar-refractivity contribution is 7.13. The molecule has 140 valence electrons. The van der Waals surface area contributed by atoms with Crippen LogP contribution in [0.1, 0.15) is 25.3 Å². The van der Waals surface area contributed by atoms with Crippen LogP contribution in [0.15, 0.2) is 42.5 Å². The first-order valence-corrected chi connectivity index (χ1v) is 10.3. The second-order valence-electron chi connectivity index (χ2n) is 6.31. The lowest BCUT2D eigenvalue weighted by molar-refractivity contribution is 0.201. The largest absolute Gasteiger partial charge is 0.395 e. The summed E-state index contributed by atoms with van der Waals surface area (Å²) in [5.41, 5.74) is 3.10. The number of aliphatic hydroxyl groups excluding tert-OH is 1. The summed E-state index contributed by atoms with van der Waals surface area (Å²) in [6.45, 7) is 5.01. The fourth-order valence-corrected chi connectivity index (χ4v) is 3.92. The molecule has 1 heterocycles. The number of aliphatic hydroxyl groups is 1. The molecule has 0 unspecified atom stereocenters. The Morgan fingerprint density at radius 2 is 1.96 bits per heavy atom. The smallest absolute Gasteiger partial charge is 0.0919 e. The Morgan fingerprint density at radius 3 is 2.70 bits per heavy atom. The van der Waals surface area contributed by atoms with Crippen molar-refractivity contribution in [2.45, 2.75) is 19.8 Å². The Kier molecular flexibility index (Phi) is 7.25. The molecule has 0 bridgehead atoms. The van der Waals surface area contributed by atoms with Gasteiger partial charge in [0.1, 0.15) is 0 Å². The van der Waals surface area contributed by atoms with Gasteiger partial charge in [0.2, 0.25) is 0 Å². The van der Waals surface area contributed by atoms with Gasteiger partial charge in [0, 0.05) is 34.5 Å². The number of aromatic nitrogens is 1. The fourth-order valence-electron chi connectivity index (χ4n) is 2.96. The maximum absolute atomic E-state index is 9.01. The Hall–Kier alpha value is -1.90. The first-order chi connectivity index (χ1) is 13.2. The zero-order valence-electron chi connectivity index (χ0n) is 15.4. The van der Waals surface area contributed by atoms with Crippen molar-refractivity contribution in [3.8, 4) is 23.1 Å². The van der Waals surface area contributed by atoms with Crippen LogP contribution in [0.2, 0.25) is 5.02 Å². The van der Waals surface area contributed by atoms with E-state index in [1.165, 1.54) is 11.5 Å². The third-order valence-corrected chi connectivity index (χ3v) is 5.52. The molecule has 0 aliphatic rings. The summed E-state index contributed by atoms with van der Waals surface area (Å²) in [5, 5.41) is 10.9. The highest BCUT2D eigenvalue weighted by Gasteiger charge is 2.08. The molecule has 1 aromatic heterocycles. The summed E-state index contributed by atoms with van der Waals surface area (Å²) in [6, 6.07) is 14.1. The van der Waals surface area contributed by atoms with E-state index < -0.39 is 0 Å². The van der Waals surface area contributed by atoms with Gasteiger partial charge in [-0.2, -0.15) is 4.37 Å². The SMILES string of the molecule is CCN(CCO)CCCC#Cc1ccc2c(-c3ccc(Cl)cc3)nsc2c1. The van der Waals surface area contributed by atoms with E-state index >= 15 is 0 Å². The van der Waals surface area contributed by atoms with Crippen molar-refractivity contribution in [2.75, 3.05) is 26.2 Å². The van der Waals surface area contributed by atoms with Crippen molar-refractivity contribution in [1.82, 2.24) is 9.27 Å². The molecule has 0 aliphatic carbocycles. The summed E-state index contributed by atoms with van der Waals surface area (Å²) < 4.78 is 5.76. The molecule has 3 aromatic rings. The highest BCUT2D eigenvalue weighted by atomic mass is 35.5. The minimum absolute atomic E-state index is 0.215. The first kappa shape index (κ1) is 19.9. The van der Waals surface area contributed by atoms with Gasteiger partial charge in [0.15, 0.2) is 0 Å². The predicted octanol–water partition coefficient (Wildman–Crippen LogP) is 5.06. The van der Waals surface area contributed by atoms with E-state index in [1.807, 2.05) is 24.3 Å². The molecular formula is C22H23ClN2OS. The van der Waals surface area contributed by atoms with Gasteiger partial charge in [0.25, 0.3) is 0 Å². The number of hydrogen-bond acceptors (Lipinski definition) is 4. The summed E-state index contributed by atoms with van der Waals surface area (Å²) in [6.07, 6.45) is 1.88. The lowest BCUT2D eigenvalue weighted by atomic mass is 10.1. The van der Waals surface area contributed by atoms with E-state index in [2.05, 4.69) is 46.2 Å². The van der Waals surface area contributed by atoms with Crippen molar-refractivity contribution >= 4 is 33.2 Å². The molecule has 0 atom stereocenters. The van der Waals surface area contributed by atoms with Gasteiger partial charge in [-0.25, -0.2) is 0 Å². The van der Waals surface area contributed by atoms with Gasteiger partial charge in [0.05, 0.1) is 17.0 Å². The van der Waals surface area contributed by atoms with Gasteiger partial charge >= 0.3 is 0 Å². The van der Waals surface area contributed by atoms with Crippen LogP contribution in [0, 0.1) is 11.8 Å². The van der Waals surface area contributed by atoms with Crippen molar-refractivity contribution in [3.05, 3.63) is 53.1 Å². The lowest BCUT2D eigenvalue weighted by Gasteiger charge is -2.17. The van der Waals surface area contributed by atoms with Crippen LogP contribution >= 0.6 is 23.1 Å². The van der Waals surface area contributed by atoms with Crippen LogP contribution in [0.4, 0.5) is 0 Å². The van der Waals surface area contributed by atoms with E-state index in [0.29, 0.717) is 0 Å². The molecule has 2 aromatic carbocycles. The van der Waals surface area contributed by atoms with Crippen molar-refractivity contribution in [1.29, 1.82) is 0 Å². The maximum Gasteiger partial charge on any atom is 0.0919 e. The van der Waals surface area contributed by atoms with Crippen LogP contribution in [0.5, 0.6) is 0 Å². The van der Waals surface area contributed by atoms with Crippen LogP contribution in [0.25, 0.3) is 21.3 Å². The summed E-state index contributed by atoms with van der Waals surface area (Å²) in [4.78, 5) is 2.24. The molecule has 3 rings (SSSR count). The molecule has 0 radical (unpaired) electrons. The number of likely N-dealkylation sites (N-methyl/N-ethyl adjacent to an activating group) is 1. The molecule has 0 fully saturated rings. The Bertz CT molecular complexity index is 940. The quantitative estimate of drug-likeness (QED) is 0.446. The number of rotatable bonds is 7. The van der Waals surface area contributed by atoms with Crippen molar-refractivity contribution in [2.24, 2.45) is 0 Å². The minimum Gasteiger partial charge on any atom is -0.395 e. The molecular weight excluding hydrogens is 376 g/mol. The number of fused-ring (bicyclic) bond motifs is 1. The molecule has 1 N–H and O–H groups in total. The maximum atomic E-state index is 9.01. The summed E-state index contributed by atoms with van der Waals surface area (Å²) in [7, 11) is 0. The molecule has 0 saturated heterocycles. The number of nitrogens with zero attached hydrogens (tertiary/aromatic N) is 2. The summed E-state index contributed by atoms with van der Waals surface area (Å²) >= 11 is 7.48. The predicted molar refractivity (Wildman–Crippen MR) is 115 cm³/mol. The minimum atomic E-state index is 0.215. The molecule has 0 amide bonds. The second-order valence-corrected chi connectivity index (χ2v) is 7.55. The van der Waals surface area contributed by atoms with Gasteiger partial charge < -0.3 is 10.0 Å². The third-order valence-electron chi connectivity index (χ3n) is 4.46. The zero-order valence-corrected chi connectivity index (χ0v) is 17.0. The van der Waals surface area contributed by atoms with Gasteiger partial charge in [-0.3, -0.25) is 0 Å². The average molecular weight is 399 g/mol. The molecule has 5 heteroatoms. The molecule has 27 heavy (non-hydrogen) atoms. The van der Waals surface area contributed by atoms with Crippen LogP contribution in [0.3, 0.4) is 0 Å².